The molecule has 0 saturated carbocycles. The van der Waals surface area contributed by atoms with E-state index in [1.54, 1.807) is 0 Å². The molecule has 3 nitrogen and oxygen atoms in total. The molecule has 12 heteroatoms. The van der Waals surface area contributed by atoms with Gasteiger partial charge in [0, 0.05) is 23.4 Å². The molecule has 202 valence electrons. The Hall–Kier alpha value is -1.68. The number of benzene rings is 2. The zero-order valence-electron chi connectivity index (χ0n) is 19.8. The van der Waals surface area contributed by atoms with Gasteiger partial charge in [-0.3, -0.25) is 9.59 Å². The van der Waals surface area contributed by atoms with Crippen molar-refractivity contribution in [1.29, 1.82) is 0 Å². The monoisotopic (exact) mass is 647 g/mol. The average Bonchev–Trinajstić information content (AvgIpc) is 2.74. The first-order chi connectivity index (χ1) is 16.8. The maximum atomic E-state index is 13.8. The lowest BCUT2D eigenvalue weighted by Crippen LogP contribution is -2.43. The third kappa shape index (κ3) is 8.94. The zero-order chi connectivity index (χ0) is 28.3. The highest BCUT2D eigenvalue weighted by Gasteiger charge is 2.39. The smallest absolute Gasteiger partial charge is 0.350 e. The van der Waals surface area contributed by atoms with Crippen LogP contribution in [0.3, 0.4) is 0 Å². The fourth-order valence-electron chi connectivity index (χ4n) is 3.28. The number of nitrogens with one attached hydrogen (secondary N) is 1. The molecule has 0 bridgehead atoms. The van der Waals surface area contributed by atoms with Gasteiger partial charge in [-0.15, -0.1) is 0 Å². The second-order valence-corrected chi connectivity index (χ2v) is 11.2. The van der Waals surface area contributed by atoms with Crippen molar-refractivity contribution in [1.82, 2.24) is 5.32 Å². The molecule has 0 radical (unpaired) electrons. The van der Waals surface area contributed by atoms with Crippen molar-refractivity contribution in [3.8, 4) is 0 Å². The zero-order valence-corrected chi connectivity index (χ0v) is 23.6. The molecule has 0 aliphatic rings. The highest BCUT2D eigenvalue weighted by atomic mass is 79.9. The number of rotatable bonds is 9. The number of allylic oxidation sites excluding steroid dienone is 1. The Kier molecular flexibility index (Phi) is 10.2. The molecule has 0 heterocycles. The summed E-state index contributed by atoms with van der Waals surface area (Å²) in [5.74, 6) is -6.29. The van der Waals surface area contributed by atoms with Crippen LogP contribution in [0, 0.1) is 5.41 Å². The molecule has 37 heavy (non-hydrogen) atoms. The van der Waals surface area contributed by atoms with Crippen LogP contribution >= 0.6 is 50.7 Å². The van der Waals surface area contributed by atoms with Crippen molar-refractivity contribution >= 4 is 68.5 Å². The molecule has 0 aliphatic heterocycles. The van der Waals surface area contributed by atoms with Crippen LogP contribution < -0.4 is 5.32 Å². The van der Waals surface area contributed by atoms with Gasteiger partial charge in [-0.25, -0.2) is 8.78 Å². The molecule has 0 aliphatic carbocycles. The maximum absolute atomic E-state index is 13.8. The van der Waals surface area contributed by atoms with Crippen molar-refractivity contribution in [2.24, 2.45) is 5.41 Å². The van der Waals surface area contributed by atoms with Crippen molar-refractivity contribution < 1.29 is 31.5 Å². The van der Waals surface area contributed by atoms with Gasteiger partial charge in [-0.05, 0) is 35.4 Å². The Morgan fingerprint density at radius 2 is 1.57 bits per heavy atom. The Morgan fingerprint density at radius 1 is 1.00 bits per heavy atom. The summed E-state index contributed by atoms with van der Waals surface area (Å²) < 4.78 is 67.7. The SMILES string of the molecule is CC(F)(F)CNC(=O)C(C)(C)CC(=O)c1ccc(/C=C/C(c2cc(Cl)c(Cl)c(Cl)c2)C(F)(F)F)cc1Br. The van der Waals surface area contributed by atoms with E-state index >= 15 is 0 Å². The van der Waals surface area contributed by atoms with Gasteiger partial charge in [-0.1, -0.05) is 82.8 Å². The van der Waals surface area contributed by atoms with Crippen LogP contribution in [-0.4, -0.2) is 30.3 Å². The van der Waals surface area contributed by atoms with E-state index in [1.807, 2.05) is 0 Å². The molecule has 2 aromatic carbocycles. The van der Waals surface area contributed by atoms with Gasteiger partial charge >= 0.3 is 6.18 Å². The summed E-state index contributed by atoms with van der Waals surface area (Å²) in [6, 6.07) is 6.47. The number of Topliss-reactive ketones (excluding diaryl/α,β-unsaturated/α-hetero) is 1. The van der Waals surface area contributed by atoms with Crippen LogP contribution in [0.4, 0.5) is 22.0 Å². The van der Waals surface area contributed by atoms with Crippen LogP contribution in [0.25, 0.3) is 6.08 Å². The van der Waals surface area contributed by atoms with Gasteiger partial charge in [-0.2, -0.15) is 13.2 Å². The van der Waals surface area contributed by atoms with E-state index in [9.17, 15) is 31.5 Å². The quantitative estimate of drug-likeness (QED) is 0.167. The fourth-order valence-corrected chi connectivity index (χ4v) is 4.51. The summed E-state index contributed by atoms with van der Waals surface area (Å²) in [4.78, 5) is 25.1. The molecular weight excluding hydrogens is 628 g/mol. The molecule has 0 spiro atoms. The number of carbonyl (C=O) groups excluding carboxylic acids is 2. The van der Waals surface area contributed by atoms with Crippen LogP contribution in [0.2, 0.25) is 15.1 Å². The minimum atomic E-state index is -4.65. The molecule has 2 rings (SSSR count). The third-order valence-corrected chi connectivity index (χ3v) is 7.12. The molecule has 0 saturated heterocycles. The lowest BCUT2D eigenvalue weighted by molar-refractivity contribution is -0.139. The second-order valence-electron chi connectivity index (χ2n) is 9.15. The summed E-state index contributed by atoms with van der Waals surface area (Å²) in [7, 11) is 0. The van der Waals surface area contributed by atoms with Gasteiger partial charge in [0.2, 0.25) is 5.91 Å². The average molecular weight is 650 g/mol. The van der Waals surface area contributed by atoms with E-state index in [1.165, 1.54) is 38.1 Å². The van der Waals surface area contributed by atoms with E-state index in [4.69, 9.17) is 34.8 Å². The Bertz CT molecular complexity index is 1190. The standard InChI is InChI=1S/C25H22BrCl3F5NO2/c1-23(2,22(37)35-12-24(3,30)31)11-20(36)15-6-4-13(8-17(15)26)5-7-16(25(32,33)34)14-9-18(27)21(29)19(28)10-14/h4-10,16H,11-12H2,1-3H3,(H,35,37)/b7-5+. The van der Waals surface area contributed by atoms with E-state index in [2.05, 4.69) is 21.2 Å². The van der Waals surface area contributed by atoms with Crippen LogP contribution in [-0.2, 0) is 4.79 Å². The summed E-state index contributed by atoms with van der Waals surface area (Å²) in [5.41, 5.74) is -0.939. The minimum Gasteiger partial charge on any atom is -0.350 e. The number of ketones is 1. The predicted octanol–water partition coefficient (Wildman–Crippen LogP) is 9.14. The lowest BCUT2D eigenvalue weighted by atomic mass is 9.84. The topological polar surface area (TPSA) is 46.2 Å². The molecule has 2 aromatic rings. The molecule has 1 amide bonds. The Labute approximate surface area is 234 Å². The van der Waals surface area contributed by atoms with E-state index in [-0.39, 0.29) is 37.1 Å². The van der Waals surface area contributed by atoms with Crippen molar-refractivity contribution in [2.75, 3.05) is 6.54 Å². The van der Waals surface area contributed by atoms with Gasteiger partial charge in [0.1, 0.15) is 0 Å². The fraction of sp³-hybridized carbons (Fsp3) is 0.360. The van der Waals surface area contributed by atoms with Crippen LogP contribution in [0.5, 0.6) is 0 Å². The first-order valence-electron chi connectivity index (χ1n) is 10.7. The predicted molar refractivity (Wildman–Crippen MR) is 140 cm³/mol. The van der Waals surface area contributed by atoms with Crippen LogP contribution in [0.1, 0.15) is 54.6 Å². The highest BCUT2D eigenvalue weighted by Crippen LogP contribution is 2.41. The minimum absolute atomic E-state index is 0.0508. The van der Waals surface area contributed by atoms with Crippen LogP contribution in [0.15, 0.2) is 40.9 Å². The summed E-state index contributed by atoms with van der Waals surface area (Å²) in [5, 5.41) is 1.85. The van der Waals surface area contributed by atoms with Gasteiger partial charge in [0.25, 0.3) is 5.92 Å². The largest absolute Gasteiger partial charge is 0.399 e. The van der Waals surface area contributed by atoms with Gasteiger partial charge in [0.15, 0.2) is 5.78 Å². The lowest BCUT2D eigenvalue weighted by Gasteiger charge is -2.24. The Balaban J connectivity index is 2.24. The number of hydrogen-bond acceptors (Lipinski definition) is 2. The maximum Gasteiger partial charge on any atom is 0.399 e. The second kappa shape index (κ2) is 12.0. The van der Waals surface area contributed by atoms with E-state index in [0.29, 0.717) is 12.5 Å². The van der Waals surface area contributed by atoms with Crippen molar-refractivity contribution in [2.45, 2.75) is 45.2 Å². The normalized spacial score (nSPS) is 13.6. The van der Waals surface area contributed by atoms with Crippen molar-refractivity contribution in [3.63, 3.8) is 0 Å². The summed E-state index contributed by atoms with van der Waals surface area (Å²) >= 11 is 20.9. The molecule has 1 atom stereocenters. The first-order valence-corrected chi connectivity index (χ1v) is 12.6. The summed E-state index contributed by atoms with van der Waals surface area (Å²) in [6.07, 6.45) is -2.78. The van der Waals surface area contributed by atoms with Gasteiger partial charge < -0.3 is 5.32 Å². The Morgan fingerprint density at radius 3 is 2.05 bits per heavy atom. The number of carbonyl (C=O) groups is 2. The molecular formula is C25H22BrCl3F5NO2. The highest BCUT2D eigenvalue weighted by molar-refractivity contribution is 9.10. The molecule has 0 aromatic heterocycles. The van der Waals surface area contributed by atoms with E-state index < -0.39 is 41.7 Å². The molecule has 0 fully saturated rings. The van der Waals surface area contributed by atoms with Gasteiger partial charge in [0.05, 0.1) is 32.9 Å². The number of alkyl halides is 5. The number of halogens is 9. The molecule has 1 unspecified atom stereocenters. The number of amides is 1. The summed E-state index contributed by atoms with van der Waals surface area (Å²) in [6.45, 7) is 2.70. The number of hydrogen-bond donors (Lipinski definition) is 1. The van der Waals surface area contributed by atoms with Crippen molar-refractivity contribution in [3.05, 3.63) is 72.6 Å². The molecule has 1 N–H and O–H groups in total. The van der Waals surface area contributed by atoms with E-state index in [0.717, 1.165) is 18.2 Å². The first kappa shape index (κ1) is 31.5. The third-order valence-electron chi connectivity index (χ3n) is 5.27.